The Kier molecular flexibility index (Phi) is 2.69. The molecule has 12 heavy (non-hydrogen) atoms. The van der Waals surface area contributed by atoms with Gasteiger partial charge >= 0.3 is 0 Å². The Bertz CT molecular complexity index is 138. The van der Waals surface area contributed by atoms with Crippen LogP contribution in [0.5, 0.6) is 0 Å². The fourth-order valence-corrected chi connectivity index (χ4v) is 3.12. The Morgan fingerprint density at radius 2 is 1.83 bits per heavy atom. The average molecular weight is 167 g/mol. The first-order valence-corrected chi connectivity index (χ1v) is 5.56. The van der Waals surface area contributed by atoms with Gasteiger partial charge in [0.05, 0.1) is 0 Å². The normalized spacial score (nSPS) is 36.8. The molecular weight excluding hydrogens is 146 g/mol. The molecule has 0 bridgehead atoms. The Morgan fingerprint density at radius 3 is 2.33 bits per heavy atom. The number of nitrogens with one attached hydrogen (secondary N) is 1. The lowest BCUT2D eigenvalue weighted by molar-refractivity contribution is 0.107. The SMILES string of the molecule is CNCC1CCC1C1CCCC1. The Balaban J connectivity index is 1.79. The van der Waals surface area contributed by atoms with Gasteiger partial charge in [0.25, 0.3) is 0 Å². The van der Waals surface area contributed by atoms with Gasteiger partial charge in [-0.25, -0.2) is 0 Å². The van der Waals surface area contributed by atoms with E-state index in [1.807, 2.05) is 0 Å². The fraction of sp³-hybridized carbons (Fsp3) is 1.00. The van der Waals surface area contributed by atoms with Crippen molar-refractivity contribution in [3.63, 3.8) is 0 Å². The van der Waals surface area contributed by atoms with E-state index in [0.717, 1.165) is 17.8 Å². The minimum Gasteiger partial charge on any atom is -0.319 e. The highest BCUT2D eigenvalue weighted by atomic mass is 14.8. The summed E-state index contributed by atoms with van der Waals surface area (Å²) in [5.74, 6) is 3.23. The second kappa shape index (κ2) is 3.78. The van der Waals surface area contributed by atoms with Gasteiger partial charge in [-0.15, -0.1) is 0 Å². The predicted molar refractivity (Wildman–Crippen MR) is 52.1 cm³/mol. The van der Waals surface area contributed by atoms with Crippen molar-refractivity contribution in [2.45, 2.75) is 38.5 Å². The molecule has 0 amide bonds. The summed E-state index contributed by atoms with van der Waals surface area (Å²) in [5, 5.41) is 3.32. The molecule has 2 aliphatic rings. The van der Waals surface area contributed by atoms with Gasteiger partial charge in [0.2, 0.25) is 0 Å². The van der Waals surface area contributed by atoms with Gasteiger partial charge in [-0.05, 0) is 44.2 Å². The first kappa shape index (κ1) is 8.55. The van der Waals surface area contributed by atoms with Crippen molar-refractivity contribution in [3.05, 3.63) is 0 Å². The van der Waals surface area contributed by atoms with Gasteiger partial charge in [0.15, 0.2) is 0 Å². The van der Waals surface area contributed by atoms with E-state index < -0.39 is 0 Å². The molecule has 2 atom stereocenters. The summed E-state index contributed by atoms with van der Waals surface area (Å²) >= 11 is 0. The quantitative estimate of drug-likeness (QED) is 0.680. The van der Waals surface area contributed by atoms with Crippen molar-refractivity contribution in [1.82, 2.24) is 5.32 Å². The summed E-state index contributed by atoms with van der Waals surface area (Å²) in [6.07, 6.45) is 9.09. The summed E-state index contributed by atoms with van der Waals surface area (Å²) in [4.78, 5) is 0. The van der Waals surface area contributed by atoms with Crippen LogP contribution < -0.4 is 5.32 Å². The molecule has 0 saturated heterocycles. The van der Waals surface area contributed by atoms with Crippen LogP contribution in [-0.2, 0) is 0 Å². The van der Waals surface area contributed by atoms with Gasteiger partial charge in [0.1, 0.15) is 0 Å². The van der Waals surface area contributed by atoms with Crippen molar-refractivity contribution < 1.29 is 0 Å². The maximum atomic E-state index is 3.32. The number of hydrogen-bond acceptors (Lipinski definition) is 1. The third-order valence-corrected chi connectivity index (χ3v) is 3.95. The van der Waals surface area contributed by atoms with Crippen molar-refractivity contribution >= 4 is 0 Å². The zero-order valence-corrected chi connectivity index (χ0v) is 8.18. The van der Waals surface area contributed by atoms with E-state index >= 15 is 0 Å². The predicted octanol–water partition coefficient (Wildman–Crippen LogP) is 2.42. The van der Waals surface area contributed by atoms with Crippen LogP contribution in [0, 0.1) is 17.8 Å². The van der Waals surface area contributed by atoms with Crippen molar-refractivity contribution in [1.29, 1.82) is 0 Å². The molecule has 1 N–H and O–H groups in total. The number of hydrogen-bond donors (Lipinski definition) is 1. The van der Waals surface area contributed by atoms with Gasteiger partial charge in [-0.1, -0.05) is 25.7 Å². The molecular formula is C11H21N. The molecule has 0 radical (unpaired) electrons. The third-order valence-electron chi connectivity index (χ3n) is 3.95. The van der Waals surface area contributed by atoms with Crippen LogP contribution in [0.25, 0.3) is 0 Å². The summed E-state index contributed by atoms with van der Waals surface area (Å²) < 4.78 is 0. The van der Waals surface area contributed by atoms with Crippen LogP contribution in [0.2, 0.25) is 0 Å². The Labute approximate surface area is 75.9 Å². The molecule has 0 spiro atoms. The smallest absolute Gasteiger partial charge is 0.00208 e. The van der Waals surface area contributed by atoms with E-state index in [9.17, 15) is 0 Å². The van der Waals surface area contributed by atoms with E-state index in [4.69, 9.17) is 0 Å². The third kappa shape index (κ3) is 1.52. The lowest BCUT2D eigenvalue weighted by Crippen LogP contribution is -2.37. The molecule has 0 aromatic rings. The second-order valence-corrected chi connectivity index (χ2v) is 4.60. The minimum absolute atomic E-state index is 1.03. The molecule has 0 heterocycles. The average Bonchev–Trinajstić information content (AvgIpc) is 2.51. The van der Waals surface area contributed by atoms with E-state index in [1.165, 1.54) is 45.1 Å². The highest BCUT2D eigenvalue weighted by Crippen LogP contribution is 2.45. The molecule has 0 aromatic heterocycles. The van der Waals surface area contributed by atoms with Gasteiger partial charge < -0.3 is 5.32 Å². The zero-order valence-electron chi connectivity index (χ0n) is 8.18. The van der Waals surface area contributed by atoms with Crippen molar-refractivity contribution in [2.75, 3.05) is 13.6 Å². The van der Waals surface area contributed by atoms with E-state index in [2.05, 4.69) is 12.4 Å². The molecule has 0 aliphatic heterocycles. The molecule has 2 aliphatic carbocycles. The molecule has 2 saturated carbocycles. The lowest BCUT2D eigenvalue weighted by atomic mass is 9.66. The molecule has 1 nitrogen and oxygen atoms in total. The Hall–Kier alpha value is -0.0400. The largest absolute Gasteiger partial charge is 0.319 e. The second-order valence-electron chi connectivity index (χ2n) is 4.60. The van der Waals surface area contributed by atoms with Crippen LogP contribution in [0.1, 0.15) is 38.5 Å². The standard InChI is InChI=1S/C11H21N/c1-12-8-10-6-7-11(10)9-4-2-3-5-9/h9-12H,2-8H2,1H3. The van der Waals surface area contributed by atoms with E-state index in [-0.39, 0.29) is 0 Å². The molecule has 70 valence electrons. The fourth-order valence-electron chi connectivity index (χ4n) is 3.12. The first-order chi connectivity index (χ1) is 5.92. The maximum Gasteiger partial charge on any atom is -0.00208 e. The molecule has 2 rings (SSSR count). The van der Waals surface area contributed by atoms with Crippen molar-refractivity contribution in [3.8, 4) is 0 Å². The lowest BCUT2D eigenvalue weighted by Gasteiger charge is -2.40. The highest BCUT2D eigenvalue weighted by molar-refractivity contribution is 4.88. The van der Waals surface area contributed by atoms with Gasteiger partial charge in [0, 0.05) is 0 Å². The first-order valence-electron chi connectivity index (χ1n) is 5.56. The monoisotopic (exact) mass is 167 g/mol. The van der Waals surface area contributed by atoms with Gasteiger partial charge in [-0.3, -0.25) is 0 Å². The number of rotatable bonds is 3. The molecule has 1 heteroatoms. The zero-order chi connectivity index (χ0) is 8.39. The van der Waals surface area contributed by atoms with E-state index in [0.29, 0.717) is 0 Å². The van der Waals surface area contributed by atoms with Crippen molar-refractivity contribution in [2.24, 2.45) is 17.8 Å². The van der Waals surface area contributed by atoms with Crippen LogP contribution in [-0.4, -0.2) is 13.6 Å². The Morgan fingerprint density at radius 1 is 1.08 bits per heavy atom. The minimum atomic E-state index is 1.03. The topological polar surface area (TPSA) is 12.0 Å². The van der Waals surface area contributed by atoms with Crippen LogP contribution in [0.3, 0.4) is 0 Å². The van der Waals surface area contributed by atoms with Crippen LogP contribution >= 0.6 is 0 Å². The molecule has 0 aromatic carbocycles. The van der Waals surface area contributed by atoms with Gasteiger partial charge in [-0.2, -0.15) is 0 Å². The maximum absolute atomic E-state index is 3.32. The van der Waals surface area contributed by atoms with E-state index in [1.54, 1.807) is 0 Å². The molecule has 2 fully saturated rings. The summed E-state index contributed by atoms with van der Waals surface area (Å²) in [6.45, 7) is 1.27. The summed E-state index contributed by atoms with van der Waals surface area (Å²) in [7, 11) is 2.09. The van der Waals surface area contributed by atoms with Crippen LogP contribution in [0.4, 0.5) is 0 Å². The summed E-state index contributed by atoms with van der Waals surface area (Å²) in [5.41, 5.74) is 0. The van der Waals surface area contributed by atoms with Crippen LogP contribution in [0.15, 0.2) is 0 Å². The summed E-state index contributed by atoms with van der Waals surface area (Å²) in [6, 6.07) is 0. The highest BCUT2D eigenvalue weighted by Gasteiger charge is 2.37. The molecule has 2 unspecified atom stereocenters.